The topological polar surface area (TPSA) is 62.7 Å². The van der Waals surface area contributed by atoms with Crippen LogP contribution in [-0.4, -0.2) is 28.5 Å². The van der Waals surface area contributed by atoms with Gasteiger partial charge in [0.2, 0.25) is 0 Å². The lowest BCUT2D eigenvalue weighted by Gasteiger charge is -2.18. The maximum Gasteiger partial charge on any atom is 0.135 e. The molecule has 0 aromatic carbocycles. The summed E-state index contributed by atoms with van der Waals surface area (Å²) in [4.78, 5) is 13.0. The minimum absolute atomic E-state index is 0.358. The first kappa shape index (κ1) is 14.7. The molecule has 0 amide bonds. The molecule has 0 aliphatic heterocycles. The van der Waals surface area contributed by atoms with Gasteiger partial charge in [0.15, 0.2) is 0 Å². The highest BCUT2D eigenvalue weighted by Crippen LogP contribution is 2.28. The van der Waals surface area contributed by atoms with Crippen LogP contribution in [0.25, 0.3) is 0 Å². The van der Waals surface area contributed by atoms with Crippen LogP contribution in [0.2, 0.25) is 0 Å². The molecule has 0 aliphatic carbocycles. The van der Waals surface area contributed by atoms with Crippen LogP contribution in [0.4, 0.5) is 11.6 Å². The number of nitrogens with zero attached hydrogens (tertiary/aromatic N) is 3. The smallest absolute Gasteiger partial charge is 0.135 e. The van der Waals surface area contributed by atoms with Gasteiger partial charge < -0.3 is 10.6 Å². The van der Waals surface area contributed by atoms with Crippen LogP contribution in [0.3, 0.4) is 0 Å². The van der Waals surface area contributed by atoms with Crippen LogP contribution in [-0.2, 0) is 0 Å². The molecular formula is C14H21N5S. The Balaban J connectivity index is 2.13. The number of rotatable bonds is 6. The average molecular weight is 291 g/mol. The van der Waals surface area contributed by atoms with E-state index in [9.17, 15) is 0 Å². The molecule has 0 radical (unpaired) electrons. The number of anilines is 2. The van der Waals surface area contributed by atoms with Crippen LogP contribution in [0.15, 0.2) is 17.9 Å². The summed E-state index contributed by atoms with van der Waals surface area (Å²) in [6.07, 6.45) is 3.44. The van der Waals surface area contributed by atoms with Gasteiger partial charge in [0.25, 0.3) is 0 Å². The van der Waals surface area contributed by atoms with E-state index in [-0.39, 0.29) is 0 Å². The molecule has 0 saturated heterocycles. The highest BCUT2D eigenvalue weighted by atomic mass is 32.1. The number of aromatic nitrogens is 3. The van der Waals surface area contributed by atoms with Gasteiger partial charge in [-0.25, -0.2) is 15.0 Å². The summed E-state index contributed by atoms with van der Waals surface area (Å²) in [6.45, 7) is 7.28. The van der Waals surface area contributed by atoms with Crippen LogP contribution in [0.1, 0.15) is 43.2 Å². The summed E-state index contributed by atoms with van der Waals surface area (Å²) >= 11 is 1.69. The zero-order valence-electron chi connectivity index (χ0n) is 12.3. The molecule has 2 N–H and O–H groups in total. The molecule has 0 spiro atoms. The van der Waals surface area contributed by atoms with Crippen molar-refractivity contribution in [2.75, 3.05) is 24.2 Å². The Hall–Kier alpha value is -1.69. The van der Waals surface area contributed by atoms with Gasteiger partial charge in [0, 0.05) is 36.7 Å². The maximum absolute atomic E-state index is 4.38. The third-order valence-corrected chi connectivity index (χ3v) is 4.15. The standard InChI is InChI=1S/C14H21N5S/c1-9(2)11-12(15-4)18-8-19-13(11)17-7-10(3)14-16-5-6-20-14/h5-6,8-10H,7H2,1-4H3,(H2,15,17,18,19). The molecule has 1 unspecified atom stereocenters. The second-order valence-electron chi connectivity index (χ2n) is 5.04. The SMILES string of the molecule is CNc1ncnc(NCC(C)c2nccs2)c1C(C)C. The Bertz CT molecular complexity index is 539. The zero-order valence-corrected chi connectivity index (χ0v) is 13.2. The highest BCUT2D eigenvalue weighted by Gasteiger charge is 2.15. The highest BCUT2D eigenvalue weighted by molar-refractivity contribution is 7.09. The van der Waals surface area contributed by atoms with Gasteiger partial charge in [-0.05, 0) is 5.92 Å². The van der Waals surface area contributed by atoms with Crippen LogP contribution >= 0.6 is 11.3 Å². The quantitative estimate of drug-likeness (QED) is 0.855. The molecule has 20 heavy (non-hydrogen) atoms. The molecule has 2 heterocycles. The number of hydrogen-bond acceptors (Lipinski definition) is 6. The van der Waals surface area contributed by atoms with Crippen molar-refractivity contribution in [2.24, 2.45) is 0 Å². The van der Waals surface area contributed by atoms with Crippen molar-refractivity contribution in [1.29, 1.82) is 0 Å². The molecule has 2 rings (SSSR count). The molecule has 2 aromatic heterocycles. The molecular weight excluding hydrogens is 270 g/mol. The summed E-state index contributed by atoms with van der Waals surface area (Å²) in [5, 5.41) is 9.72. The Morgan fingerprint density at radius 3 is 2.50 bits per heavy atom. The maximum atomic E-state index is 4.38. The van der Waals surface area contributed by atoms with Crippen molar-refractivity contribution < 1.29 is 0 Å². The molecule has 2 aromatic rings. The van der Waals surface area contributed by atoms with Gasteiger partial charge in [0.1, 0.15) is 18.0 Å². The summed E-state index contributed by atoms with van der Waals surface area (Å²) in [6, 6.07) is 0. The predicted molar refractivity (Wildman–Crippen MR) is 84.7 cm³/mol. The fourth-order valence-electron chi connectivity index (χ4n) is 2.10. The van der Waals surface area contributed by atoms with Gasteiger partial charge in [-0.2, -0.15) is 0 Å². The zero-order chi connectivity index (χ0) is 14.5. The second-order valence-corrected chi connectivity index (χ2v) is 5.97. The minimum atomic E-state index is 0.358. The summed E-state index contributed by atoms with van der Waals surface area (Å²) in [5.41, 5.74) is 1.13. The first-order valence-electron chi connectivity index (χ1n) is 6.79. The Morgan fingerprint density at radius 2 is 1.90 bits per heavy atom. The summed E-state index contributed by atoms with van der Waals surface area (Å²) < 4.78 is 0. The predicted octanol–water partition coefficient (Wildman–Crippen LogP) is 3.31. The van der Waals surface area contributed by atoms with Gasteiger partial charge in [0.05, 0.1) is 5.01 Å². The molecule has 0 saturated carbocycles. The fraction of sp³-hybridized carbons (Fsp3) is 0.500. The van der Waals surface area contributed by atoms with Gasteiger partial charge in [-0.15, -0.1) is 11.3 Å². The van der Waals surface area contributed by atoms with Gasteiger partial charge in [-0.1, -0.05) is 20.8 Å². The van der Waals surface area contributed by atoms with Crippen molar-refractivity contribution in [3.63, 3.8) is 0 Å². The third kappa shape index (κ3) is 3.25. The van der Waals surface area contributed by atoms with Crippen molar-refractivity contribution >= 4 is 23.0 Å². The van der Waals surface area contributed by atoms with Crippen molar-refractivity contribution in [2.45, 2.75) is 32.6 Å². The number of thiazole rings is 1. The van der Waals surface area contributed by atoms with Gasteiger partial charge >= 0.3 is 0 Å². The van der Waals surface area contributed by atoms with Crippen LogP contribution in [0.5, 0.6) is 0 Å². The Morgan fingerprint density at radius 1 is 1.15 bits per heavy atom. The molecule has 0 fully saturated rings. The van der Waals surface area contributed by atoms with Crippen molar-refractivity contribution in [3.8, 4) is 0 Å². The molecule has 5 nitrogen and oxygen atoms in total. The number of hydrogen-bond donors (Lipinski definition) is 2. The van der Waals surface area contributed by atoms with E-state index < -0.39 is 0 Å². The lowest BCUT2D eigenvalue weighted by atomic mass is 10.0. The summed E-state index contributed by atoms with van der Waals surface area (Å²) in [5.74, 6) is 2.52. The first-order valence-corrected chi connectivity index (χ1v) is 7.67. The Labute approximate surface area is 123 Å². The fourth-order valence-corrected chi connectivity index (χ4v) is 2.80. The normalized spacial score (nSPS) is 12.4. The second kappa shape index (κ2) is 6.65. The lowest BCUT2D eigenvalue weighted by molar-refractivity contribution is 0.782. The lowest BCUT2D eigenvalue weighted by Crippen LogP contribution is -2.14. The summed E-state index contributed by atoms with van der Waals surface area (Å²) in [7, 11) is 1.89. The average Bonchev–Trinajstić information content (AvgIpc) is 2.98. The van der Waals surface area contributed by atoms with E-state index in [4.69, 9.17) is 0 Å². The first-order chi connectivity index (χ1) is 9.63. The molecule has 0 bridgehead atoms. The van der Waals surface area contributed by atoms with E-state index >= 15 is 0 Å². The van der Waals surface area contributed by atoms with E-state index in [1.165, 1.54) is 0 Å². The number of nitrogens with one attached hydrogen (secondary N) is 2. The Kier molecular flexibility index (Phi) is 4.89. The van der Waals surface area contributed by atoms with Crippen molar-refractivity contribution in [1.82, 2.24) is 15.0 Å². The van der Waals surface area contributed by atoms with Crippen LogP contribution in [0, 0.1) is 0 Å². The van der Waals surface area contributed by atoms with E-state index in [0.717, 1.165) is 28.8 Å². The monoisotopic (exact) mass is 291 g/mol. The third-order valence-electron chi connectivity index (χ3n) is 3.15. The van der Waals surface area contributed by atoms with Crippen LogP contribution < -0.4 is 10.6 Å². The van der Waals surface area contributed by atoms with E-state index in [2.05, 4.69) is 46.4 Å². The molecule has 108 valence electrons. The van der Waals surface area contributed by atoms with E-state index in [1.54, 1.807) is 17.7 Å². The largest absolute Gasteiger partial charge is 0.373 e. The van der Waals surface area contributed by atoms with E-state index in [0.29, 0.717) is 11.8 Å². The molecule has 1 atom stereocenters. The van der Waals surface area contributed by atoms with Gasteiger partial charge in [-0.3, -0.25) is 0 Å². The minimum Gasteiger partial charge on any atom is -0.373 e. The van der Waals surface area contributed by atoms with Crippen molar-refractivity contribution in [3.05, 3.63) is 28.5 Å². The molecule has 0 aliphatic rings. The molecule has 6 heteroatoms. The van der Waals surface area contributed by atoms with E-state index in [1.807, 2.05) is 18.6 Å².